The summed E-state index contributed by atoms with van der Waals surface area (Å²) in [7, 11) is 0. The number of hydrogen-bond acceptors (Lipinski definition) is 4. The first kappa shape index (κ1) is 10.9. The third kappa shape index (κ3) is 2.30. The van der Waals surface area contributed by atoms with Crippen molar-refractivity contribution in [3.8, 4) is 0 Å². The molecule has 2 N–H and O–H groups in total. The molecule has 1 heterocycles. The second-order valence-electron chi connectivity index (χ2n) is 3.42. The monoisotopic (exact) mass is 236 g/mol. The number of hydrogen-bond donors (Lipinski definition) is 2. The van der Waals surface area contributed by atoms with Crippen molar-refractivity contribution in [3.05, 3.63) is 23.8 Å². The van der Waals surface area contributed by atoms with E-state index in [2.05, 4.69) is 23.3 Å². The number of carboxylic acids is 1. The fraction of sp³-hybridized carbons (Fsp3) is 0.273. The van der Waals surface area contributed by atoms with Crippen LogP contribution in [0.1, 0.15) is 12.5 Å². The Morgan fingerprint density at radius 2 is 2.38 bits per heavy atom. The van der Waals surface area contributed by atoms with Crippen molar-refractivity contribution in [2.75, 3.05) is 11.9 Å². The van der Waals surface area contributed by atoms with Gasteiger partial charge in [0.1, 0.15) is 6.54 Å². The van der Waals surface area contributed by atoms with Crippen molar-refractivity contribution in [2.45, 2.75) is 13.3 Å². The molecule has 0 saturated carbocycles. The lowest BCUT2D eigenvalue weighted by atomic mass is 10.2. The van der Waals surface area contributed by atoms with Gasteiger partial charge in [-0.2, -0.15) is 0 Å². The first-order valence-corrected chi connectivity index (χ1v) is 5.86. The van der Waals surface area contributed by atoms with Gasteiger partial charge in [-0.1, -0.05) is 24.3 Å². The van der Waals surface area contributed by atoms with Gasteiger partial charge in [-0.3, -0.25) is 4.79 Å². The van der Waals surface area contributed by atoms with Crippen LogP contribution < -0.4 is 5.32 Å². The molecular weight excluding hydrogens is 224 g/mol. The van der Waals surface area contributed by atoms with Crippen molar-refractivity contribution < 1.29 is 9.90 Å². The summed E-state index contributed by atoms with van der Waals surface area (Å²) < 4.78 is 1.09. The predicted molar refractivity (Wildman–Crippen MR) is 65.1 cm³/mol. The molecule has 0 fully saturated rings. The molecule has 0 amide bonds. The Labute approximate surface area is 96.9 Å². The van der Waals surface area contributed by atoms with Gasteiger partial charge in [-0.05, 0) is 24.1 Å². The summed E-state index contributed by atoms with van der Waals surface area (Å²) in [5.74, 6) is -0.881. The van der Waals surface area contributed by atoms with Crippen LogP contribution in [0.25, 0.3) is 10.2 Å². The molecule has 0 spiro atoms. The molecule has 4 nitrogen and oxygen atoms in total. The number of rotatable bonds is 4. The SMILES string of the molecule is CCc1ccc2nc(NCC(=O)O)sc2c1. The van der Waals surface area contributed by atoms with E-state index >= 15 is 0 Å². The molecule has 16 heavy (non-hydrogen) atoms. The summed E-state index contributed by atoms with van der Waals surface area (Å²) in [6.45, 7) is 2.01. The van der Waals surface area contributed by atoms with Crippen LogP contribution in [-0.2, 0) is 11.2 Å². The van der Waals surface area contributed by atoms with Crippen molar-refractivity contribution >= 4 is 32.7 Å². The molecule has 0 aliphatic heterocycles. The predicted octanol–water partition coefficient (Wildman–Crippen LogP) is 2.36. The zero-order valence-electron chi connectivity index (χ0n) is 8.86. The zero-order chi connectivity index (χ0) is 11.5. The van der Waals surface area contributed by atoms with E-state index in [1.165, 1.54) is 16.9 Å². The van der Waals surface area contributed by atoms with E-state index in [1.54, 1.807) is 0 Å². The van der Waals surface area contributed by atoms with Gasteiger partial charge in [-0.15, -0.1) is 0 Å². The number of thiazole rings is 1. The molecule has 0 unspecified atom stereocenters. The van der Waals surface area contributed by atoms with Crippen molar-refractivity contribution in [3.63, 3.8) is 0 Å². The Morgan fingerprint density at radius 3 is 3.06 bits per heavy atom. The highest BCUT2D eigenvalue weighted by Crippen LogP contribution is 2.26. The topological polar surface area (TPSA) is 62.2 Å². The Bertz CT molecular complexity index is 522. The van der Waals surface area contributed by atoms with Crippen molar-refractivity contribution in [1.82, 2.24) is 4.98 Å². The van der Waals surface area contributed by atoms with Crippen LogP contribution in [0.4, 0.5) is 5.13 Å². The molecule has 0 saturated heterocycles. The normalized spacial score (nSPS) is 10.6. The molecule has 0 aliphatic carbocycles. The second-order valence-corrected chi connectivity index (χ2v) is 4.45. The molecule has 0 bridgehead atoms. The van der Waals surface area contributed by atoms with E-state index in [0.717, 1.165) is 16.6 Å². The number of nitrogens with one attached hydrogen (secondary N) is 1. The van der Waals surface area contributed by atoms with Crippen molar-refractivity contribution in [1.29, 1.82) is 0 Å². The average molecular weight is 236 g/mol. The highest BCUT2D eigenvalue weighted by Gasteiger charge is 2.05. The molecule has 1 aromatic carbocycles. The number of benzene rings is 1. The van der Waals surface area contributed by atoms with Gasteiger partial charge in [0, 0.05) is 0 Å². The smallest absolute Gasteiger partial charge is 0.322 e. The Morgan fingerprint density at radius 1 is 1.56 bits per heavy atom. The Balaban J connectivity index is 2.25. The highest BCUT2D eigenvalue weighted by molar-refractivity contribution is 7.22. The van der Waals surface area contributed by atoms with E-state index in [9.17, 15) is 4.79 Å². The summed E-state index contributed by atoms with van der Waals surface area (Å²) in [6, 6.07) is 6.11. The van der Waals surface area contributed by atoms with Crippen LogP contribution in [0.15, 0.2) is 18.2 Å². The van der Waals surface area contributed by atoms with E-state index in [-0.39, 0.29) is 6.54 Å². The second kappa shape index (κ2) is 4.49. The van der Waals surface area contributed by atoms with Crippen LogP contribution in [0.3, 0.4) is 0 Å². The minimum absolute atomic E-state index is 0.0968. The van der Waals surface area contributed by atoms with Gasteiger partial charge in [0.2, 0.25) is 0 Å². The van der Waals surface area contributed by atoms with Gasteiger partial charge in [0.15, 0.2) is 5.13 Å². The van der Waals surface area contributed by atoms with Gasteiger partial charge >= 0.3 is 5.97 Å². The number of aryl methyl sites for hydroxylation is 1. The molecule has 1 aromatic heterocycles. The number of aliphatic carboxylic acids is 1. The van der Waals surface area contributed by atoms with Crippen LogP contribution in [0.5, 0.6) is 0 Å². The lowest BCUT2D eigenvalue weighted by Crippen LogP contribution is -2.11. The van der Waals surface area contributed by atoms with Gasteiger partial charge < -0.3 is 10.4 Å². The quantitative estimate of drug-likeness (QED) is 0.855. The zero-order valence-corrected chi connectivity index (χ0v) is 9.67. The van der Waals surface area contributed by atoms with Crippen LogP contribution in [-0.4, -0.2) is 22.6 Å². The number of aromatic nitrogens is 1. The third-order valence-corrected chi connectivity index (χ3v) is 3.23. The lowest BCUT2D eigenvalue weighted by Gasteiger charge is -1.94. The summed E-state index contributed by atoms with van der Waals surface area (Å²) in [5, 5.41) is 12.0. The maximum absolute atomic E-state index is 10.4. The van der Waals surface area contributed by atoms with Gasteiger partial charge in [-0.25, -0.2) is 4.98 Å². The summed E-state index contributed by atoms with van der Waals surface area (Å²) in [5.41, 5.74) is 2.18. The molecule has 2 rings (SSSR count). The molecule has 0 atom stereocenters. The molecular formula is C11H12N2O2S. The maximum atomic E-state index is 10.4. The maximum Gasteiger partial charge on any atom is 0.322 e. The van der Waals surface area contributed by atoms with Crippen LogP contribution in [0, 0.1) is 0 Å². The molecule has 0 aliphatic rings. The summed E-state index contributed by atoms with van der Waals surface area (Å²) in [4.78, 5) is 14.7. The Kier molecular flexibility index (Phi) is 3.05. The van der Waals surface area contributed by atoms with Gasteiger partial charge in [0.05, 0.1) is 10.2 Å². The molecule has 0 radical (unpaired) electrons. The number of nitrogens with zero attached hydrogens (tertiary/aromatic N) is 1. The molecule has 5 heteroatoms. The number of fused-ring (bicyclic) bond motifs is 1. The number of anilines is 1. The fourth-order valence-corrected chi connectivity index (χ4v) is 2.34. The minimum Gasteiger partial charge on any atom is -0.480 e. The highest BCUT2D eigenvalue weighted by atomic mass is 32.1. The molecule has 2 aromatic rings. The number of carbonyl (C=O) groups is 1. The summed E-state index contributed by atoms with van der Waals surface area (Å²) in [6.07, 6.45) is 0.992. The number of carboxylic acid groups (broad SMARTS) is 1. The first-order chi connectivity index (χ1) is 7.69. The minimum atomic E-state index is -0.881. The van der Waals surface area contributed by atoms with E-state index in [4.69, 9.17) is 5.11 Å². The summed E-state index contributed by atoms with van der Waals surface area (Å²) >= 11 is 1.48. The lowest BCUT2D eigenvalue weighted by molar-refractivity contribution is -0.134. The fourth-order valence-electron chi connectivity index (χ4n) is 1.42. The van der Waals surface area contributed by atoms with E-state index in [1.807, 2.05) is 12.1 Å². The largest absolute Gasteiger partial charge is 0.480 e. The van der Waals surface area contributed by atoms with Gasteiger partial charge in [0.25, 0.3) is 0 Å². The third-order valence-electron chi connectivity index (χ3n) is 2.25. The van der Waals surface area contributed by atoms with E-state index in [0.29, 0.717) is 5.13 Å². The van der Waals surface area contributed by atoms with Crippen molar-refractivity contribution in [2.24, 2.45) is 0 Å². The first-order valence-electron chi connectivity index (χ1n) is 5.04. The van der Waals surface area contributed by atoms with E-state index < -0.39 is 5.97 Å². The Hall–Kier alpha value is -1.62. The molecule has 84 valence electrons. The van der Waals surface area contributed by atoms with Crippen LogP contribution >= 0.6 is 11.3 Å². The average Bonchev–Trinajstić information content (AvgIpc) is 2.67. The van der Waals surface area contributed by atoms with Crippen LogP contribution in [0.2, 0.25) is 0 Å². The standard InChI is InChI=1S/C11H12N2O2S/c1-2-7-3-4-8-9(5-7)16-11(13-8)12-6-10(14)15/h3-5H,2,6H2,1H3,(H,12,13)(H,14,15).